The first-order valence-electron chi connectivity index (χ1n) is 3.94. The van der Waals surface area contributed by atoms with Crippen molar-refractivity contribution in [2.75, 3.05) is 6.54 Å². The van der Waals surface area contributed by atoms with Gasteiger partial charge in [0.05, 0.1) is 0 Å². The van der Waals surface area contributed by atoms with Crippen molar-refractivity contribution in [3.8, 4) is 0 Å². The van der Waals surface area contributed by atoms with E-state index < -0.39 is 0 Å². The molecule has 0 aromatic carbocycles. The summed E-state index contributed by atoms with van der Waals surface area (Å²) in [6.07, 6.45) is 3.07. The summed E-state index contributed by atoms with van der Waals surface area (Å²) in [4.78, 5) is 20.6. The average molecular weight is 157 g/mol. The molecule has 1 amide bonds. The van der Waals surface area contributed by atoms with Gasteiger partial charge < -0.3 is 5.32 Å². The Kier molecular flexibility index (Phi) is 1.58. The number of carbonyl (C=O) groups is 1. The molecule has 62 valence electrons. The molecule has 2 aliphatic rings. The number of amides is 1. The van der Waals surface area contributed by atoms with E-state index in [0.29, 0.717) is 13.0 Å². The lowest BCUT2D eigenvalue weighted by atomic mass is 10.0. The molecule has 0 atom stereocenters. The zero-order chi connectivity index (χ0) is 7.73. The van der Waals surface area contributed by atoms with Gasteiger partial charge in [0.2, 0.25) is 11.7 Å². The highest BCUT2D eigenvalue weighted by atomic mass is 17.4. The molecule has 2 heterocycles. The Hall–Kier alpha value is -0.610. The fourth-order valence-corrected chi connectivity index (χ4v) is 1.35. The summed E-state index contributed by atoms with van der Waals surface area (Å²) in [5.74, 6) is -0.186. The van der Waals surface area contributed by atoms with Crippen molar-refractivity contribution in [3.63, 3.8) is 0 Å². The molecular weight excluding hydrogens is 146 g/mol. The van der Waals surface area contributed by atoms with Gasteiger partial charge in [-0.15, -0.1) is 0 Å². The Morgan fingerprint density at radius 3 is 2.91 bits per heavy atom. The maximum Gasteiger partial charge on any atom is 0.235 e. The van der Waals surface area contributed by atoms with E-state index in [2.05, 4.69) is 5.32 Å². The second kappa shape index (κ2) is 2.46. The number of hydrogen-bond acceptors (Lipinski definition) is 3. The van der Waals surface area contributed by atoms with E-state index in [9.17, 15) is 4.79 Å². The minimum absolute atomic E-state index is 0.139. The number of rotatable bonds is 0. The van der Waals surface area contributed by atoms with Gasteiger partial charge in [-0.25, -0.2) is 0 Å². The van der Waals surface area contributed by atoms with Crippen molar-refractivity contribution >= 4 is 5.91 Å². The van der Waals surface area contributed by atoms with Crippen molar-refractivity contribution in [1.82, 2.24) is 5.32 Å². The van der Waals surface area contributed by atoms with E-state index in [4.69, 9.17) is 9.78 Å². The highest BCUT2D eigenvalue weighted by molar-refractivity contribution is 5.75. The van der Waals surface area contributed by atoms with Gasteiger partial charge in [0.1, 0.15) is 0 Å². The van der Waals surface area contributed by atoms with Crippen LogP contribution in [0, 0.1) is 0 Å². The monoisotopic (exact) mass is 157 g/mol. The van der Waals surface area contributed by atoms with E-state index >= 15 is 0 Å². The first-order valence-corrected chi connectivity index (χ1v) is 3.94. The SMILES string of the molecule is O=C1CCCC2(CCN1)OO2. The number of nitrogens with one attached hydrogen (secondary N) is 1. The normalized spacial score (nSPS) is 28.9. The zero-order valence-electron chi connectivity index (χ0n) is 6.26. The van der Waals surface area contributed by atoms with Gasteiger partial charge in [-0.05, 0) is 6.42 Å². The molecule has 2 rings (SSSR count). The van der Waals surface area contributed by atoms with E-state index in [1.54, 1.807) is 0 Å². The minimum atomic E-state index is -0.326. The summed E-state index contributed by atoms with van der Waals surface area (Å²) < 4.78 is 0. The second-order valence-electron chi connectivity index (χ2n) is 3.03. The van der Waals surface area contributed by atoms with Gasteiger partial charge in [0.25, 0.3) is 0 Å². The van der Waals surface area contributed by atoms with Gasteiger partial charge in [-0.3, -0.25) is 4.79 Å². The number of carbonyl (C=O) groups excluding carboxylic acids is 1. The lowest BCUT2D eigenvalue weighted by Gasteiger charge is -2.12. The minimum Gasteiger partial charge on any atom is -0.356 e. The third-order valence-corrected chi connectivity index (χ3v) is 2.11. The van der Waals surface area contributed by atoms with E-state index in [-0.39, 0.29) is 11.7 Å². The Morgan fingerprint density at radius 2 is 2.18 bits per heavy atom. The highest BCUT2D eigenvalue weighted by Gasteiger charge is 2.48. The van der Waals surface area contributed by atoms with Crippen LogP contribution < -0.4 is 5.32 Å². The predicted molar refractivity (Wildman–Crippen MR) is 36.4 cm³/mol. The summed E-state index contributed by atoms with van der Waals surface area (Å²) in [5.41, 5.74) is 0. The van der Waals surface area contributed by atoms with Crippen LogP contribution in [-0.2, 0) is 14.6 Å². The first-order chi connectivity index (χ1) is 5.31. The molecule has 4 nitrogen and oxygen atoms in total. The summed E-state index contributed by atoms with van der Waals surface area (Å²) >= 11 is 0. The lowest BCUT2D eigenvalue weighted by molar-refractivity contribution is -0.121. The fraction of sp³-hybridized carbons (Fsp3) is 0.857. The van der Waals surface area contributed by atoms with Crippen molar-refractivity contribution in [3.05, 3.63) is 0 Å². The van der Waals surface area contributed by atoms with Gasteiger partial charge >= 0.3 is 0 Å². The molecule has 0 aromatic rings. The molecule has 0 aromatic heterocycles. The first kappa shape index (κ1) is 7.06. The molecule has 2 fully saturated rings. The van der Waals surface area contributed by atoms with Gasteiger partial charge in [-0.1, -0.05) is 0 Å². The summed E-state index contributed by atoms with van der Waals surface area (Å²) in [7, 11) is 0. The highest BCUT2D eigenvalue weighted by Crippen LogP contribution is 2.38. The van der Waals surface area contributed by atoms with E-state index in [1.165, 1.54) is 0 Å². The fourth-order valence-electron chi connectivity index (χ4n) is 1.35. The topological polar surface area (TPSA) is 54.2 Å². The van der Waals surface area contributed by atoms with Gasteiger partial charge in [0, 0.05) is 25.8 Å². The largest absolute Gasteiger partial charge is 0.356 e. The van der Waals surface area contributed by atoms with Crippen LogP contribution in [0.4, 0.5) is 0 Å². The van der Waals surface area contributed by atoms with Crippen LogP contribution in [0.25, 0.3) is 0 Å². The van der Waals surface area contributed by atoms with Crippen LogP contribution in [0.15, 0.2) is 0 Å². The van der Waals surface area contributed by atoms with Crippen molar-refractivity contribution in [1.29, 1.82) is 0 Å². The maximum absolute atomic E-state index is 10.9. The Balaban J connectivity index is 1.89. The van der Waals surface area contributed by atoms with Gasteiger partial charge in [0.15, 0.2) is 0 Å². The van der Waals surface area contributed by atoms with Crippen LogP contribution in [0.3, 0.4) is 0 Å². The summed E-state index contributed by atoms with van der Waals surface area (Å²) in [5, 5.41) is 2.78. The van der Waals surface area contributed by atoms with E-state index in [0.717, 1.165) is 19.3 Å². The van der Waals surface area contributed by atoms with Crippen molar-refractivity contribution in [2.24, 2.45) is 0 Å². The number of hydrogen-bond donors (Lipinski definition) is 1. The molecule has 0 radical (unpaired) electrons. The quantitative estimate of drug-likeness (QED) is 0.407. The Morgan fingerprint density at radius 1 is 1.36 bits per heavy atom. The predicted octanol–water partition coefficient (Wildman–Crippen LogP) is 0.335. The molecule has 2 aliphatic heterocycles. The van der Waals surface area contributed by atoms with Crippen molar-refractivity contribution in [2.45, 2.75) is 31.5 Å². The van der Waals surface area contributed by atoms with Crippen LogP contribution in [0.1, 0.15) is 25.7 Å². The van der Waals surface area contributed by atoms with Crippen LogP contribution in [-0.4, -0.2) is 18.2 Å². The third-order valence-electron chi connectivity index (χ3n) is 2.11. The Bertz CT molecular complexity index is 163. The van der Waals surface area contributed by atoms with Crippen LogP contribution in [0.2, 0.25) is 0 Å². The zero-order valence-corrected chi connectivity index (χ0v) is 6.26. The van der Waals surface area contributed by atoms with Crippen molar-refractivity contribution < 1.29 is 14.6 Å². The molecule has 2 saturated heterocycles. The molecule has 4 heteroatoms. The van der Waals surface area contributed by atoms with Crippen LogP contribution in [0.5, 0.6) is 0 Å². The standard InChI is InChI=1S/C7H11NO3/c9-6-2-1-3-7(10-11-7)4-5-8-6/h1-5H2,(H,8,9). The average Bonchev–Trinajstić information content (AvgIpc) is 2.66. The summed E-state index contributed by atoms with van der Waals surface area (Å²) in [6, 6.07) is 0. The van der Waals surface area contributed by atoms with E-state index in [1.807, 2.05) is 0 Å². The third kappa shape index (κ3) is 1.52. The smallest absolute Gasteiger partial charge is 0.235 e. The van der Waals surface area contributed by atoms with Gasteiger partial charge in [-0.2, -0.15) is 9.78 Å². The molecule has 1 spiro atoms. The molecule has 11 heavy (non-hydrogen) atoms. The Labute approximate surface area is 64.8 Å². The molecule has 1 N–H and O–H groups in total. The molecular formula is C7H11NO3. The molecule has 0 saturated carbocycles. The second-order valence-corrected chi connectivity index (χ2v) is 3.03. The molecule has 0 unspecified atom stereocenters. The summed E-state index contributed by atoms with van der Waals surface area (Å²) in [6.45, 7) is 0.666. The molecule has 0 aliphatic carbocycles. The molecule has 0 bridgehead atoms. The lowest BCUT2D eigenvalue weighted by Crippen LogP contribution is -2.30. The van der Waals surface area contributed by atoms with Crippen LogP contribution >= 0.6 is 0 Å². The maximum atomic E-state index is 10.9.